The highest BCUT2D eigenvalue weighted by Crippen LogP contribution is 2.21. The van der Waals surface area contributed by atoms with Crippen molar-refractivity contribution >= 4 is 33.9 Å². The first-order valence-electron chi connectivity index (χ1n) is 12.0. The largest absolute Gasteiger partial charge is 0.426 e. The number of carbonyl (C=O) groups is 2. The third kappa shape index (κ3) is 7.15. The maximum Gasteiger partial charge on any atom is 0.336 e. The van der Waals surface area contributed by atoms with E-state index in [1.54, 1.807) is 36.4 Å². The Balaban J connectivity index is 1.07. The van der Waals surface area contributed by atoms with Crippen molar-refractivity contribution in [3.05, 3.63) is 81.5 Å². The zero-order valence-electron chi connectivity index (χ0n) is 19.7. The molecule has 0 bridgehead atoms. The van der Waals surface area contributed by atoms with E-state index in [1.165, 1.54) is 24.3 Å². The summed E-state index contributed by atoms with van der Waals surface area (Å²) in [6, 6.07) is 15.9. The number of esters is 2. The van der Waals surface area contributed by atoms with Crippen molar-refractivity contribution in [2.24, 2.45) is 0 Å². The predicted octanol–water partition coefficient (Wildman–Crippen LogP) is 5.53. The summed E-state index contributed by atoms with van der Waals surface area (Å²) in [5.41, 5.74) is -0.155. The van der Waals surface area contributed by atoms with Gasteiger partial charge in [-0.25, -0.2) is 9.59 Å². The van der Waals surface area contributed by atoms with Crippen molar-refractivity contribution < 1.29 is 27.9 Å². The lowest BCUT2D eigenvalue weighted by atomic mass is 10.1. The number of unbranched alkanes of at least 4 members (excludes halogenated alkanes) is 5. The van der Waals surface area contributed by atoms with Gasteiger partial charge in [-0.05, 0) is 49.2 Å². The van der Waals surface area contributed by atoms with Crippen LogP contribution < -0.4 is 20.7 Å². The lowest BCUT2D eigenvalue weighted by Gasteiger charge is -2.06. The summed E-state index contributed by atoms with van der Waals surface area (Å²) in [6.07, 6.45) is 5.69. The Kier molecular flexibility index (Phi) is 8.28. The van der Waals surface area contributed by atoms with Crippen LogP contribution in [0.4, 0.5) is 0 Å². The molecule has 0 spiro atoms. The molecule has 0 aliphatic carbocycles. The number of rotatable bonds is 11. The number of fused-ring (bicyclic) bond motifs is 2. The molecular weight excluding hydrogens is 464 g/mol. The third-order valence-corrected chi connectivity index (χ3v) is 5.66. The van der Waals surface area contributed by atoms with Gasteiger partial charge < -0.3 is 18.3 Å². The van der Waals surface area contributed by atoms with E-state index in [9.17, 15) is 19.2 Å². The normalized spacial score (nSPS) is 11.0. The van der Waals surface area contributed by atoms with E-state index in [2.05, 4.69) is 0 Å². The summed E-state index contributed by atoms with van der Waals surface area (Å²) in [5, 5.41) is 1.51. The fourth-order valence-corrected chi connectivity index (χ4v) is 3.82. The number of hydrogen-bond acceptors (Lipinski definition) is 8. The number of carbonyl (C=O) groups excluding carboxylic acids is 2. The van der Waals surface area contributed by atoms with Gasteiger partial charge in [-0.3, -0.25) is 9.59 Å². The van der Waals surface area contributed by atoms with Crippen molar-refractivity contribution in [1.29, 1.82) is 0 Å². The fourth-order valence-electron chi connectivity index (χ4n) is 3.82. The molecule has 0 radical (unpaired) electrons. The minimum atomic E-state index is -0.455. The van der Waals surface area contributed by atoms with Crippen LogP contribution in [0.5, 0.6) is 11.5 Å². The Labute approximate surface area is 206 Å². The van der Waals surface area contributed by atoms with E-state index in [-0.39, 0.29) is 11.9 Å². The predicted molar refractivity (Wildman–Crippen MR) is 133 cm³/mol. The Morgan fingerprint density at radius 3 is 1.39 bits per heavy atom. The van der Waals surface area contributed by atoms with Gasteiger partial charge >= 0.3 is 23.2 Å². The fraction of sp³-hybridized carbons (Fsp3) is 0.286. The highest BCUT2D eigenvalue weighted by Gasteiger charge is 2.08. The van der Waals surface area contributed by atoms with E-state index in [4.69, 9.17) is 18.3 Å². The Hall–Kier alpha value is -4.20. The van der Waals surface area contributed by atoms with Gasteiger partial charge in [-0.15, -0.1) is 0 Å². The molecular formula is C28H26O8. The van der Waals surface area contributed by atoms with Gasteiger partial charge in [-0.2, -0.15) is 0 Å². The highest BCUT2D eigenvalue weighted by molar-refractivity contribution is 5.80. The van der Waals surface area contributed by atoms with Crippen LogP contribution in [-0.2, 0) is 9.59 Å². The first-order valence-corrected chi connectivity index (χ1v) is 12.0. The van der Waals surface area contributed by atoms with Gasteiger partial charge in [0.1, 0.15) is 22.7 Å². The summed E-state index contributed by atoms with van der Waals surface area (Å²) in [6.45, 7) is 0. The number of benzene rings is 2. The van der Waals surface area contributed by atoms with Crippen molar-refractivity contribution in [2.45, 2.75) is 51.4 Å². The van der Waals surface area contributed by atoms with E-state index in [1.807, 2.05) is 0 Å². The van der Waals surface area contributed by atoms with Crippen LogP contribution in [0.3, 0.4) is 0 Å². The van der Waals surface area contributed by atoms with Gasteiger partial charge in [0, 0.05) is 47.9 Å². The average Bonchev–Trinajstić information content (AvgIpc) is 2.85. The van der Waals surface area contributed by atoms with Gasteiger partial charge in [0.15, 0.2) is 0 Å². The SMILES string of the molecule is O=C(CCCCCCCCC(=O)Oc1ccc2ccc(=O)oc2c1)Oc1ccc2ccc(=O)oc2c1. The lowest BCUT2D eigenvalue weighted by Crippen LogP contribution is -2.08. The standard InChI is InChI=1S/C28H26O8/c29-25(33-21-13-9-19-11-15-27(31)35-23(19)17-21)7-5-3-1-2-4-6-8-26(30)34-22-14-10-20-12-16-28(32)36-24(20)18-22/h9-18H,1-8H2. The maximum absolute atomic E-state index is 12.1. The van der Waals surface area contributed by atoms with E-state index >= 15 is 0 Å². The molecule has 8 nitrogen and oxygen atoms in total. The van der Waals surface area contributed by atoms with Crippen molar-refractivity contribution in [3.8, 4) is 11.5 Å². The molecule has 0 saturated carbocycles. The molecule has 0 saturated heterocycles. The lowest BCUT2D eigenvalue weighted by molar-refractivity contribution is -0.135. The van der Waals surface area contributed by atoms with E-state index in [0.717, 1.165) is 36.5 Å². The van der Waals surface area contributed by atoms with Gasteiger partial charge in [0.25, 0.3) is 0 Å². The monoisotopic (exact) mass is 490 g/mol. The smallest absolute Gasteiger partial charge is 0.336 e. The zero-order chi connectivity index (χ0) is 25.3. The van der Waals surface area contributed by atoms with Crippen molar-refractivity contribution in [3.63, 3.8) is 0 Å². The summed E-state index contributed by atoms with van der Waals surface area (Å²) in [7, 11) is 0. The molecule has 0 aliphatic rings. The molecule has 2 aromatic heterocycles. The van der Waals surface area contributed by atoms with Gasteiger partial charge in [-0.1, -0.05) is 25.7 Å². The summed E-state index contributed by atoms with van der Waals surface area (Å²) in [5.74, 6) is 0.0376. The van der Waals surface area contributed by atoms with Crippen LogP contribution in [0.1, 0.15) is 51.4 Å². The topological polar surface area (TPSA) is 113 Å². The van der Waals surface area contributed by atoms with Crippen LogP contribution in [0.15, 0.2) is 79.1 Å². The molecule has 4 rings (SSSR count). The molecule has 2 aromatic carbocycles. The van der Waals surface area contributed by atoms with Crippen molar-refractivity contribution in [1.82, 2.24) is 0 Å². The number of hydrogen-bond donors (Lipinski definition) is 0. The minimum Gasteiger partial charge on any atom is -0.426 e. The Morgan fingerprint density at radius 1 is 0.556 bits per heavy atom. The molecule has 0 atom stereocenters. The highest BCUT2D eigenvalue weighted by atomic mass is 16.5. The maximum atomic E-state index is 12.1. The van der Waals surface area contributed by atoms with Crippen molar-refractivity contribution in [2.75, 3.05) is 0 Å². The van der Waals surface area contributed by atoms with Gasteiger partial charge in [0.05, 0.1) is 0 Å². The van der Waals surface area contributed by atoms with Gasteiger partial charge in [0.2, 0.25) is 0 Å². The Bertz CT molecular complexity index is 1370. The molecule has 0 N–H and O–H groups in total. The number of ether oxygens (including phenoxy) is 2. The molecule has 0 amide bonds. The Morgan fingerprint density at radius 2 is 0.944 bits per heavy atom. The molecule has 8 heteroatoms. The quantitative estimate of drug-likeness (QED) is 0.117. The van der Waals surface area contributed by atoms with E-state index in [0.29, 0.717) is 48.3 Å². The van der Waals surface area contributed by atoms with Crippen LogP contribution in [-0.4, -0.2) is 11.9 Å². The van der Waals surface area contributed by atoms with E-state index < -0.39 is 11.3 Å². The molecule has 0 fully saturated rings. The second-order valence-electron chi connectivity index (χ2n) is 8.48. The summed E-state index contributed by atoms with van der Waals surface area (Å²) >= 11 is 0. The third-order valence-electron chi connectivity index (χ3n) is 5.66. The second kappa shape index (κ2) is 12.0. The van der Waals surface area contributed by atoms with Crippen LogP contribution in [0.25, 0.3) is 21.9 Å². The second-order valence-corrected chi connectivity index (χ2v) is 8.48. The first-order chi connectivity index (χ1) is 17.5. The van der Waals surface area contributed by atoms with Crippen LogP contribution >= 0.6 is 0 Å². The molecule has 2 heterocycles. The first kappa shape index (κ1) is 24.9. The molecule has 0 unspecified atom stereocenters. The molecule has 186 valence electrons. The summed E-state index contributed by atoms with van der Waals surface area (Å²) < 4.78 is 20.9. The van der Waals surface area contributed by atoms with Crippen LogP contribution in [0.2, 0.25) is 0 Å². The summed E-state index contributed by atoms with van der Waals surface area (Å²) in [4.78, 5) is 46.8. The van der Waals surface area contributed by atoms with Crippen LogP contribution in [0, 0.1) is 0 Å². The molecule has 4 aromatic rings. The zero-order valence-corrected chi connectivity index (χ0v) is 19.7. The molecule has 0 aliphatic heterocycles. The molecule has 36 heavy (non-hydrogen) atoms. The minimum absolute atomic E-state index is 0.301. The average molecular weight is 491 g/mol.